The smallest absolute Gasteiger partial charge is 0.291 e. The van der Waals surface area contributed by atoms with Crippen molar-refractivity contribution in [2.24, 2.45) is 5.41 Å². The molecule has 0 radical (unpaired) electrons. The molecular weight excluding hydrogens is 382 g/mol. The average Bonchev–Trinajstić information content (AvgIpc) is 3.20. The molecule has 8 heteroatoms. The summed E-state index contributed by atoms with van der Waals surface area (Å²) in [4.78, 5) is 25.0. The lowest BCUT2D eigenvalue weighted by atomic mass is 9.78. The lowest BCUT2D eigenvalue weighted by molar-refractivity contribution is -0.130. The number of halogens is 1. The minimum Gasteiger partial charge on any atom is -0.459 e. The normalized spacial score (nSPS) is 15.4. The zero-order valence-electron chi connectivity index (χ0n) is 16.0. The van der Waals surface area contributed by atoms with Gasteiger partial charge in [0.1, 0.15) is 0 Å². The predicted octanol–water partition coefficient (Wildman–Crippen LogP) is 3.22. The van der Waals surface area contributed by atoms with Crippen LogP contribution in [0.25, 0.3) is 0 Å². The molecule has 1 saturated heterocycles. The Morgan fingerprint density at radius 2 is 1.96 bits per heavy atom. The lowest BCUT2D eigenvalue weighted by Crippen LogP contribution is -2.47. The second kappa shape index (κ2) is 9.73. The van der Waals surface area contributed by atoms with Crippen molar-refractivity contribution in [3.05, 3.63) is 47.9 Å². The molecule has 1 aliphatic rings. The molecule has 7 nitrogen and oxygen atoms in total. The first-order valence-electron chi connectivity index (χ1n) is 9.01. The maximum absolute atomic E-state index is 12.9. The summed E-state index contributed by atoms with van der Waals surface area (Å²) in [5.41, 5.74) is 1.70. The summed E-state index contributed by atoms with van der Waals surface area (Å²) < 4.78 is 10.4. The number of hydrogen-bond acceptors (Lipinski definition) is 5. The van der Waals surface area contributed by atoms with E-state index in [1.54, 1.807) is 31.4 Å². The summed E-state index contributed by atoms with van der Waals surface area (Å²) in [7, 11) is 1.62. The Balaban J connectivity index is 0.00000280. The SMILES string of the molecule is COCC1(C(=O)Nc2ccc(NC(=O)c3ccco3)c(C)c2)CCNCC1.Cl. The number of ether oxygens (including phenoxy) is 1. The van der Waals surface area contributed by atoms with Gasteiger partial charge in [0.2, 0.25) is 5.91 Å². The Bertz CT molecular complexity index is 796. The molecule has 0 aliphatic carbocycles. The van der Waals surface area contributed by atoms with Crippen LogP contribution >= 0.6 is 12.4 Å². The molecule has 152 valence electrons. The van der Waals surface area contributed by atoms with Crippen molar-refractivity contribution in [1.82, 2.24) is 5.32 Å². The zero-order chi connectivity index (χ0) is 19.3. The number of methoxy groups -OCH3 is 1. The summed E-state index contributed by atoms with van der Waals surface area (Å²) in [5.74, 6) is -0.0922. The molecule has 1 fully saturated rings. The van der Waals surface area contributed by atoms with E-state index in [1.165, 1.54) is 6.26 Å². The maximum Gasteiger partial charge on any atom is 0.291 e. The molecule has 1 aliphatic heterocycles. The van der Waals surface area contributed by atoms with Crippen molar-refractivity contribution >= 4 is 35.6 Å². The van der Waals surface area contributed by atoms with Crippen LogP contribution in [-0.2, 0) is 9.53 Å². The number of benzene rings is 1. The minimum absolute atomic E-state index is 0. The molecule has 0 bridgehead atoms. The maximum atomic E-state index is 12.9. The third kappa shape index (κ3) is 4.92. The van der Waals surface area contributed by atoms with Crippen molar-refractivity contribution in [2.75, 3.05) is 37.4 Å². The van der Waals surface area contributed by atoms with E-state index in [0.29, 0.717) is 18.0 Å². The molecule has 0 unspecified atom stereocenters. The summed E-state index contributed by atoms with van der Waals surface area (Å²) in [6, 6.07) is 8.67. The van der Waals surface area contributed by atoms with Crippen LogP contribution in [0.15, 0.2) is 41.0 Å². The first kappa shape index (κ1) is 21.9. The highest BCUT2D eigenvalue weighted by Crippen LogP contribution is 2.31. The highest BCUT2D eigenvalue weighted by atomic mass is 35.5. The Hall–Kier alpha value is -2.35. The Morgan fingerprint density at radius 3 is 2.57 bits per heavy atom. The van der Waals surface area contributed by atoms with Crippen molar-refractivity contribution in [1.29, 1.82) is 0 Å². The fraction of sp³-hybridized carbons (Fsp3) is 0.400. The van der Waals surface area contributed by atoms with Crippen LogP contribution in [0.5, 0.6) is 0 Å². The topological polar surface area (TPSA) is 92.6 Å². The summed E-state index contributed by atoms with van der Waals surface area (Å²) in [6.07, 6.45) is 2.93. The van der Waals surface area contributed by atoms with Gasteiger partial charge in [-0.2, -0.15) is 0 Å². The van der Waals surface area contributed by atoms with E-state index in [0.717, 1.165) is 31.5 Å². The van der Waals surface area contributed by atoms with Gasteiger partial charge in [0.15, 0.2) is 5.76 Å². The van der Waals surface area contributed by atoms with Crippen LogP contribution in [0.1, 0.15) is 29.0 Å². The van der Waals surface area contributed by atoms with E-state index in [-0.39, 0.29) is 30.0 Å². The van der Waals surface area contributed by atoms with Gasteiger partial charge in [0.05, 0.1) is 18.3 Å². The van der Waals surface area contributed by atoms with E-state index in [9.17, 15) is 9.59 Å². The summed E-state index contributed by atoms with van der Waals surface area (Å²) in [6.45, 7) is 3.88. The molecule has 3 N–H and O–H groups in total. The van der Waals surface area contributed by atoms with Gasteiger partial charge in [-0.15, -0.1) is 12.4 Å². The number of carbonyl (C=O) groups excluding carboxylic acids is 2. The van der Waals surface area contributed by atoms with E-state index in [1.807, 2.05) is 13.0 Å². The van der Waals surface area contributed by atoms with Crippen LogP contribution in [0.2, 0.25) is 0 Å². The standard InChI is InChI=1S/C20H25N3O4.ClH/c1-14-12-15(5-6-16(14)23-18(24)17-4-3-11-27-17)22-19(25)20(13-26-2)7-9-21-10-8-20;/h3-6,11-12,21H,7-10,13H2,1-2H3,(H,22,25)(H,23,24);1H. The summed E-state index contributed by atoms with van der Waals surface area (Å²) >= 11 is 0. The molecule has 2 heterocycles. The predicted molar refractivity (Wildman–Crippen MR) is 110 cm³/mol. The van der Waals surface area contributed by atoms with Gasteiger partial charge in [-0.1, -0.05) is 0 Å². The molecule has 0 spiro atoms. The number of amides is 2. The van der Waals surface area contributed by atoms with E-state index >= 15 is 0 Å². The molecule has 3 rings (SSSR count). The summed E-state index contributed by atoms with van der Waals surface area (Å²) in [5, 5.41) is 9.10. The molecule has 28 heavy (non-hydrogen) atoms. The highest BCUT2D eigenvalue weighted by molar-refractivity contribution is 6.03. The molecule has 2 amide bonds. The van der Waals surface area contributed by atoms with Gasteiger partial charge in [0.25, 0.3) is 5.91 Å². The first-order chi connectivity index (χ1) is 13.0. The average molecular weight is 408 g/mol. The van der Waals surface area contributed by atoms with Crippen molar-refractivity contribution < 1.29 is 18.7 Å². The number of piperidine rings is 1. The van der Waals surface area contributed by atoms with Gasteiger partial charge in [0, 0.05) is 18.5 Å². The van der Waals surface area contributed by atoms with E-state index < -0.39 is 5.41 Å². The molecule has 0 saturated carbocycles. The lowest BCUT2D eigenvalue weighted by Gasteiger charge is -2.35. The molecule has 2 aromatic rings. The van der Waals surface area contributed by atoms with E-state index in [4.69, 9.17) is 9.15 Å². The number of nitrogens with one attached hydrogen (secondary N) is 3. The van der Waals surface area contributed by atoms with Crippen molar-refractivity contribution in [3.63, 3.8) is 0 Å². The third-order valence-electron chi connectivity index (χ3n) is 4.94. The van der Waals surface area contributed by atoms with Gasteiger partial charge in [-0.05, 0) is 68.8 Å². The molecule has 1 aromatic carbocycles. The quantitative estimate of drug-likeness (QED) is 0.683. The van der Waals surface area contributed by atoms with Gasteiger partial charge < -0.3 is 25.1 Å². The second-order valence-corrected chi connectivity index (χ2v) is 6.88. The van der Waals surface area contributed by atoms with Crippen molar-refractivity contribution in [3.8, 4) is 0 Å². The van der Waals surface area contributed by atoms with Gasteiger partial charge in [-0.3, -0.25) is 9.59 Å². The number of aryl methyl sites for hydroxylation is 1. The number of anilines is 2. The van der Waals surface area contributed by atoms with Crippen LogP contribution in [0.3, 0.4) is 0 Å². The first-order valence-corrected chi connectivity index (χ1v) is 9.01. The Kier molecular flexibility index (Phi) is 7.62. The molecule has 0 atom stereocenters. The molecule has 1 aromatic heterocycles. The Labute approximate surface area is 170 Å². The van der Waals surface area contributed by atoms with E-state index in [2.05, 4.69) is 16.0 Å². The monoisotopic (exact) mass is 407 g/mol. The highest BCUT2D eigenvalue weighted by Gasteiger charge is 2.39. The van der Waals surface area contributed by atoms with Gasteiger partial charge >= 0.3 is 0 Å². The largest absolute Gasteiger partial charge is 0.459 e. The minimum atomic E-state index is -0.514. The van der Waals surface area contributed by atoms with Crippen molar-refractivity contribution in [2.45, 2.75) is 19.8 Å². The number of furan rings is 1. The third-order valence-corrected chi connectivity index (χ3v) is 4.94. The molecular formula is C20H26ClN3O4. The van der Waals surface area contributed by atoms with Crippen LogP contribution in [0.4, 0.5) is 11.4 Å². The zero-order valence-corrected chi connectivity index (χ0v) is 16.9. The van der Waals surface area contributed by atoms with Crippen LogP contribution < -0.4 is 16.0 Å². The number of rotatable bonds is 6. The number of carbonyl (C=O) groups is 2. The van der Waals surface area contributed by atoms with Crippen LogP contribution in [0, 0.1) is 12.3 Å². The Morgan fingerprint density at radius 1 is 1.21 bits per heavy atom. The number of hydrogen-bond donors (Lipinski definition) is 3. The van der Waals surface area contributed by atoms with Gasteiger partial charge in [-0.25, -0.2) is 0 Å². The fourth-order valence-electron chi connectivity index (χ4n) is 3.36. The fourth-order valence-corrected chi connectivity index (χ4v) is 3.36. The van der Waals surface area contributed by atoms with Crippen LogP contribution in [-0.4, -0.2) is 38.6 Å². The second-order valence-electron chi connectivity index (χ2n) is 6.88.